The van der Waals surface area contributed by atoms with Crippen molar-refractivity contribution in [3.8, 4) is 0 Å². The summed E-state index contributed by atoms with van der Waals surface area (Å²) < 4.78 is 0. The monoisotopic (exact) mass is 128 g/mol. The van der Waals surface area contributed by atoms with E-state index in [2.05, 4.69) is 10.3 Å². The van der Waals surface area contributed by atoms with E-state index in [0.717, 1.165) is 12.1 Å². The Labute approximate surface area is 52.9 Å². The van der Waals surface area contributed by atoms with Crippen LogP contribution in [0.2, 0.25) is 0 Å². The van der Waals surface area contributed by atoms with Crippen LogP contribution in [-0.4, -0.2) is 18.4 Å². The predicted octanol–water partition coefficient (Wildman–Crippen LogP) is 0.918. The minimum Gasteiger partial charge on any atom is -0.392 e. The van der Waals surface area contributed by atoms with Crippen LogP contribution in [0.3, 0.4) is 0 Å². The van der Waals surface area contributed by atoms with Gasteiger partial charge in [0.25, 0.3) is 0 Å². The zero-order valence-electron chi connectivity index (χ0n) is 5.20. The van der Waals surface area contributed by atoms with E-state index in [1.165, 1.54) is 0 Å². The Balaban J connectivity index is 2.35. The van der Waals surface area contributed by atoms with Crippen molar-refractivity contribution >= 4 is 5.71 Å². The number of oxime groups is 1. The molecule has 0 spiro atoms. The molecular weight excluding hydrogens is 120 g/mol. The molecule has 0 radical (unpaired) electrons. The first-order valence-electron chi connectivity index (χ1n) is 2.83. The van der Waals surface area contributed by atoms with Gasteiger partial charge in [-0.15, -0.1) is 0 Å². The van der Waals surface area contributed by atoms with E-state index in [-0.39, 0.29) is 12.6 Å². The van der Waals surface area contributed by atoms with Crippen molar-refractivity contribution in [2.75, 3.05) is 6.54 Å². The fourth-order valence-corrected chi connectivity index (χ4v) is 0.739. The number of nitroso groups, excluding NO2 is 1. The molecule has 0 N–H and O–H groups in total. The van der Waals surface area contributed by atoms with Crippen LogP contribution in [0.4, 0.5) is 0 Å². The summed E-state index contributed by atoms with van der Waals surface area (Å²) in [6.45, 7) is 2.08. The molecule has 0 aromatic heterocycles. The van der Waals surface area contributed by atoms with Gasteiger partial charge in [0, 0.05) is 6.42 Å². The molecule has 0 aromatic rings. The van der Waals surface area contributed by atoms with Crippen molar-refractivity contribution < 1.29 is 4.84 Å². The highest BCUT2D eigenvalue weighted by Crippen LogP contribution is 2.08. The van der Waals surface area contributed by atoms with Crippen LogP contribution in [0, 0.1) is 4.91 Å². The van der Waals surface area contributed by atoms with E-state index in [1.807, 2.05) is 6.92 Å². The van der Waals surface area contributed by atoms with Crippen LogP contribution >= 0.6 is 0 Å². The lowest BCUT2D eigenvalue weighted by atomic mass is 10.2. The smallest absolute Gasteiger partial charge is 0.130 e. The Morgan fingerprint density at radius 1 is 2.00 bits per heavy atom. The van der Waals surface area contributed by atoms with Gasteiger partial charge in [0.1, 0.15) is 12.6 Å². The highest BCUT2D eigenvalue weighted by Gasteiger charge is 2.15. The predicted molar refractivity (Wildman–Crippen MR) is 33.3 cm³/mol. The summed E-state index contributed by atoms with van der Waals surface area (Å²) in [5.41, 5.74) is 0.748. The molecule has 1 rings (SSSR count). The summed E-state index contributed by atoms with van der Waals surface area (Å²) >= 11 is 0. The number of hydrogen-bond acceptors (Lipinski definition) is 4. The van der Waals surface area contributed by atoms with Gasteiger partial charge in [-0.1, -0.05) is 10.3 Å². The van der Waals surface area contributed by atoms with Crippen molar-refractivity contribution in [2.24, 2.45) is 10.3 Å². The second-order valence-electron chi connectivity index (χ2n) is 2.06. The van der Waals surface area contributed by atoms with Gasteiger partial charge in [0.2, 0.25) is 0 Å². The molecule has 0 aromatic carbocycles. The lowest BCUT2D eigenvalue weighted by Crippen LogP contribution is -2.03. The first-order valence-corrected chi connectivity index (χ1v) is 2.83. The standard InChI is InChI=1S/C5H8N2O2/c1-4-2-5(3-6-8)7-9-4/h4H,2-3H2,1H3. The van der Waals surface area contributed by atoms with Crippen molar-refractivity contribution in [3.63, 3.8) is 0 Å². The molecule has 0 amide bonds. The maximum atomic E-state index is 9.68. The van der Waals surface area contributed by atoms with Gasteiger partial charge in [-0.3, -0.25) is 0 Å². The van der Waals surface area contributed by atoms with Gasteiger partial charge in [0.15, 0.2) is 0 Å². The molecule has 1 unspecified atom stereocenters. The Hall–Kier alpha value is -0.930. The van der Waals surface area contributed by atoms with Crippen LogP contribution in [-0.2, 0) is 4.84 Å². The van der Waals surface area contributed by atoms with E-state index in [0.29, 0.717) is 0 Å². The molecule has 0 aliphatic carbocycles. The molecular formula is C5H8N2O2. The molecule has 0 bridgehead atoms. The zero-order chi connectivity index (χ0) is 6.69. The lowest BCUT2D eigenvalue weighted by Gasteiger charge is -1.94. The normalized spacial score (nSPS) is 25.0. The molecule has 4 nitrogen and oxygen atoms in total. The third-order valence-electron chi connectivity index (χ3n) is 1.13. The highest BCUT2D eigenvalue weighted by atomic mass is 16.6. The first kappa shape index (κ1) is 6.19. The zero-order valence-corrected chi connectivity index (χ0v) is 5.20. The molecule has 0 saturated carbocycles. The van der Waals surface area contributed by atoms with E-state index in [9.17, 15) is 4.91 Å². The van der Waals surface area contributed by atoms with Crippen molar-refractivity contribution in [1.82, 2.24) is 0 Å². The third kappa shape index (κ3) is 1.48. The van der Waals surface area contributed by atoms with Gasteiger partial charge in [-0.2, -0.15) is 4.91 Å². The molecule has 0 saturated heterocycles. The number of rotatable bonds is 2. The summed E-state index contributed by atoms with van der Waals surface area (Å²) in [7, 11) is 0. The van der Waals surface area contributed by atoms with Crippen molar-refractivity contribution in [3.05, 3.63) is 4.91 Å². The number of nitrogens with zero attached hydrogens (tertiary/aromatic N) is 2. The van der Waals surface area contributed by atoms with E-state index < -0.39 is 0 Å². The minimum atomic E-state index is 0.127. The molecule has 4 heteroatoms. The fourth-order valence-electron chi connectivity index (χ4n) is 0.739. The Morgan fingerprint density at radius 3 is 3.22 bits per heavy atom. The van der Waals surface area contributed by atoms with Gasteiger partial charge in [-0.05, 0) is 6.92 Å². The molecule has 1 aliphatic rings. The quantitative estimate of drug-likeness (QED) is 0.519. The Kier molecular flexibility index (Phi) is 1.77. The van der Waals surface area contributed by atoms with Crippen LogP contribution < -0.4 is 0 Å². The molecule has 50 valence electrons. The van der Waals surface area contributed by atoms with Crippen molar-refractivity contribution in [1.29, 1.82) is 0 Å². The fraction of sp³-hybridized carbons (Fsp3) is 0.800. The Bertz CT molecular complexity index is 144. The summed E-state index contributed by atoms with van der Waals surface area (Å²) in [6.07, 6.45) is 0.868. The molecule has 1 aliphatic heterocycles. The summed E-state index contributed by atoms with van der Waals surface area (Å²) in [5.74, 6) is 0. The van der Waals surface area contributed by atoms with Crippen LogP contribution in [0.15, 0.2) is 10.3 Å². The average molecular weight is 128 g/mol. The minimum absolute atomic E-state index is 0.127. The van der Waals surface area contributed by atoms with Gasteiger partial charge in [0.05, 0.1) is 5.71 Å². The topological polar surface area (TPSA) is 51.0 Å². The Morgan fingerprint density at radius 2 is 2.78 bits per heavy atom. The van der Waals surface area contributed by atoms with Gasteiger partial charge >= 0.3 is 0 Å². The van der Waals surface area contributed by atoms with E-state index >= 15 is 0 Å². The highest BCUT2D eigenvalue weighted by molar-refractivity contribution is 5.87. The van der Waals surface area contributed by atoms with Crippen LogP contribution in [0.1, 0.15) is 13.3 Å². The maximum Gasteiger partial charge on any atom is 0.130 e. The van der Waals surface area contributed by atoms with E-state index in [4.69, 9.17) is 4.84 Å². The van der Waals surface area contributed by atoms with Gasteiger partial charge < -0.3 is 4.84 Å². The average Bonchev–Trinajstić information content (AvgIpc) is 2.17. The lowest BCUT2D eigenvalue weighted by molar-refractivity contribution is 0.0995. The largest absolute Gasteiger partial charge is 0.392 e. The van der Waals surface area contributed by atoms with Crippen LogP contribution in [0.25, 0.3) is 0 Å². The first-order chi connectivity index (χ1) is 4.33. The van der Waals surface area contributed by atoms with Crippen LogP contribution in [0.5, 0.6) is 0 Å². The van der Waals surface area contributed by atoms with E-state index in [1.54, 1.807) is 0 Å². The summed E-state index contributed by atoms with van der Waals surface area (Å²) in [6, 6.07) is 0. The third-order valence-corrected chi connectivity index (χ3v) is 1.13. The van der Waals surface area contributed by atoms with Gasteiger partial charge in [-0.25, -0.2) is 0 Å². The second-order valence-corrected chi connectivity index (χ2v) is 2.06. The number of hydrogen-bond donors (Lipinski definition) is 0. The summed E-state index contributed by atoms with van der Waals surface area (Å²) in [5, 5.41) is 6.32. The molecule has 9 heavy (non-hydrogen) atoms. The molecule has 1 atom stereocenters. The van der Waals surface area contributed by atoms with Crippen molar-refractivity contribution in [2.45, 2.75) is 19.4 Å². The second kappa shape index (κ2) is 2.57. The summed E-state index contributed by atoms with van der Waals surface area (Å²) in [4.78, 5) is 14.5. The SMILES string of the molecule is CC1CC(CN=O)=NO1. The maximum absolute atomic E-state index is 9.68. The molecule has 0 fully saturated rings. The molecule has 1 heterocycles.